The van der Waals surface area contributed by atoms with E-state index in [1.54, 1.807) is 6.08 Å². The number of carboxylic acid groups (broad SMARTS) is 1. The second kappa shape index (κ2) is 15.5. The Morgan fingerprint density at radius 2 is 1.65 bits per heavy atom. The Morgan fingerprint density at radius 3 is 2.30 bits per heavy atom. The minimum atomic E-state index is -0.752. The van der Waals surface area contributed by atoms with Crippen molar-refractivity contribution in [2.45, 2.75) is 96.4 Å². The van der Waals surface area contributed by atoms with E-state index >= 15 is 0 Å². The Bertz CT molecular complexity index is 342. The lowest BCUT2D eigenvalue weighted by Crippen LogP contribution is -2.16. The molecule has 0 rings (SSSR count). The molecule has 0 aromatic rings. The van der Waals surface area contributed by atoms with E-state index in [2.05, 4.69) is 6.92 Å². The van der Waals surface area contributed by atoms with Crippen LogP contribution in [-0.2, 0) is 4.79 Å². The van der Waals surface area contributed by atoms with Gasteiger partial charge in [0, 0.05) is 17.8 Å². The fraction of sp³-hybridized carbons (Fsp3) is 0.833. The van der Waals surface area contributed by atoms with Gasteiger partial charge in [0.15, 0.2) is 0 Å². The molecule has 1 unspecified atom stereocenters. The Morgan fingerprint density at radius 1 is 1.04 bits per heavy atom. The number of hydrogen-bond acceptors (Lipinski definition) is 3. The molecule has 0 bridgehead atoms. The maximum absolute atomic E-state index is 11.0. The highest BCUT2D eigenvalue weighted by atomic mass is 16.6. The van der Waals surface area contributed by atoms with Gasteiger partial charge in [0.1, 0.15) is 0 Å². The van der Waals surface area contributed by atoms with Crippen molar-refractivity contribution in [3.05, 3.63) is 22.3 Å². The van der Waals surface area contributed by atoms with Gasteiger partial charge in [0.05, 0.1) is 0 Å². The van der Waals surface area contributed by atoms with Crippen molar-refractivity contribution in [3.8, 4) is 0 Å². The van der Waals surface area contributed by atoms with Gasteiger partial charge in [-0.2, -0.15) is 0 Å². The first-order valence-electron chi connectivity index (χ1n) is 9.09. The van der Waals surface area contributed by atoms with Crippen molar-refractivity contribution < 1.29 is 14.8 Å². The minimum Gasteiger partial charge on any atom is -0.481 e. The molecule has 0 saturated heterocycles. The van der Waals surface area contributed by atoms with Crippen LogP contribution < -0.4 is 0 Å². The average molecular weight is 327 g/mol. The number of carboxylic acids is 1. The Kier molecular flexibility index (Phi) is 14.6. The first kappa shape index (κ1) is 21.6. The zero-order chi connectivity index (χ0) is 17.3. The van der Waals surface area contributed by atoms with E-state index < -0.39 is 12.0 Å². The van der Waals surface area contributed by atoms with Crippen molar-refractivity contribution in [2.75, 3.05) is 0 Å². The van der Waals surface area contributed by atoms with Gasteiger partial charge in [-0.1, -0.05) is 57.9 Å². The summed E-state index contributed by atoms with van der Waals surface area (Å²) in [6.45, 7) is 2.19. The molecular formula is C18H33NO4. The number of carbonyl (C=O) groups is 1. The van der Waals surface area contributed by atoms with Crippen molar-refractivity contribution in [1.29, 1.82) is 0 Å². The fourth-order valence-electron chi connectivity index (χ4n) is 2.55. The van der Waals surface area contributed by atoms with Crippen LogP contribution in [0.5, 0.6) is 0 Å². The zero-order valence-electron chi connectivity index (χ0n) is 14.5. The maximum atomic E-state index is 11.0. The molecule has 5 heteroatoms. The first-order chi connectivity index (χ1) is 11.1. The second-order valence-corrected chi connectivity index (χ2v) is 6.18. The molecule has 0 amide bonds. The molecule has 1 N–H and O–H groups in total. The van der Waals surface area contributed by atoms with E-state index in [1.807, 2.05) is 6.08 Å². The molecular weight excluding hydrogens is 294 g/mol. The predicted molar refractivity (Wildman–Crippen MR) is 93.3 cm³/mol. The van der Waals surface area contributed by atoms with Crippen LogP contribution in [0.25, 0.3) is 0 Å². The molecule has 5 nitrogen and oxygen atoms in total. The van der Waals surface area contributed by atoms with Crippen molar-refractivity contribution >= 4 is 5.97 Å². The monoisotopic (exact) mass is 327 g/mol. The molecule has 0 spiro atoms. The fourth-order valence-corrected chi connectivity index (χ4v) is 2.55. The van der Waals surface area contributed by atoms with E-state index in [0.29, 0.717) is 12.8 Å². The van der Waals surface area contributed by atoms with Gasteiger partial charge in [0.2, 0.25) is 6.04 Å². The van der Waals surface area contributed by atoms with Crippen molar-refractivity contribution in [3.63, 3.8) is 0 Å². The zero-order valence-corrected chi connectivity index (χ0v) is 14.5. The van der Waals surface area contributed by atoms with Gasteiger partial charge in [0.25, 0.3) is 0 Å². The van der Waals surface area contributed by atoms with Crippen LogP contribution in [0.2, 0.25) is 0 Å². The summed E-state index contributed by atoms with van der Waals surface area (Å²) in [6, 6.07) is -0.565. The summed E-state index contributed by atoms with van der Waals surface area (Å²) < 4.78 is 0. The van der Waals surface area contributed by atoms with E-state index in [9.17, 15) is 14.9 Å². The molecule has 0 heterocycles. The van der Waals surface area contributed by atoms with Gasteiger partial charge in [-0.15, -0.1) is 0 Å². The van der Waals surface area contributed by atoms with Crippen LogP contribution in [0.15, 0.2) is 12.2 Å². The summed E-state index contributed by atoms with van der Waals surface area (Å²) >= 11 is 0. The van der Waals surface area contributed by atoms with Crippen molar-refractivity contribution in [1.82, 2.24) is 0 Å². The average Bonchev–Trinajstić information content (AvgIpc) is 2.50. The highest BCUT2D eigenvalue weighted by Gasteiger charge is 2.14. The molecule has 0 fully saturated rings. The summed E-state index contributed by atoms with van der Waals surface area (Å²) in [7, 11) is 0. The van der Waals surface area contributed by atoms with E-state index in [-0.39, 0.29) is 11.3 Å². The van der Waals surface area contributed by atoms with Gasteiger partial charge in [-0.3, -0.25) is 14.9 Å². The molecule has 0 aromatic carbocycles. The number of unbranched alkanes of at least 4 members (excludes halogenated alkanes) is 9. The molecule has 0 aromatic heterocycles. The third-order valence-corrected chi connectivity index (χ3v) is 3.99. The lowest BCUT2D eigenvalue weighted by molar-refractivity contribution is -0.510. The largest absolute Gasteiger partial charge is 0.481 e. The summed E-state index contributed by atoms with van der Waals surface area (Å²) in [5.41, 5.74) is 0. The minimum absolute atomic E-state index is 0.196. The summed E-state index contributed by atoms with van der Waals surface area (Å²) in [5.74, 6) is -0.752. The number of allylic oxidation sites excluding steroid dienone is 1. The number of aliphatic carboxylic acids is 1. The molecule has 0 aliphatic rings. The SMILES string of the molecule is CCCCCCC/C=C/C(CCCCCCCC(=O)O)[N+](=O)[O-]. The quantitative estimate of drug-likeness (QED) is 0.179. The number of nitrogens with zero attached hydrogens (tertiary/aromatic N) is 1. The van der Waals surface area contributed by atoms with Crippen LogP contribution in [-0.4, -0.2) is 22.0 Å². The Balaban J connectivity index is 3.69. The number of hydrogen-bond donors (Lipinski definition) is 1. The standard InChI is InChI=1S/C18H33NO4/c1-2-3-4-5-6-8-11-14-17(19(22)23)15-12-9-7-10-13-16-18(20)21/h11,14,17H,2-10,12-13,15-16H2,1H3,(H,20,21)/b14-11+. The Hall–Kier alpha value is -1.39. The summed E-state index contributed by atoms with van der Waals surface area (Å²) in [4.78, 5) is 21.2. The van der Waals surface area contributed by atoms with Crippen LogP contribution in [0, 0.1) is 10.1 Å². The molecule has 0 saturated carbocycles. The highest BCUT2D eigenvalue weighted by Crippen LogP contribution is 2.12. The van der Waals surface area contributed by atoms with Gasteiger partial charge in [-0.25, -0.2) is 0 Å². The normalized spacial score (nSPS) is 12.6. The molecule has 23 heavy (non-hydrogen) atoms. The van der Waals surface area contributed by atoms with E-state index in [4.69, 9.17) is 5.11 Å². The van der Waals surface area contributed by atoms with Crippen LogP contribution in [0.4, 0.5) is 0 Å². The molecule has 134 valence electrons. The lowest BCUT2D eigenvalue weighted by Gasteiger charge is -2.05. The van der Waals surface area contributed by atoms with Gasteiger partial charge >= 0.3 is 5.97 Å². The summed E-state index contributed by atoms with van der Waals surface area (Å²) in [6.07, 6.45) is 15.9. The van der Waals surface area contributed by atoms with Crippen molar-refractivity contribution in [2.24, 2.45) is 0 Å². The van der Waals surface area contributed by atoms with Crippen LogP contribution in [0.1, 0.15) is 90.4 Å². The van der Waals surface area contributed by atoms with Crippen LogP contribution in [0.3, 0.4) is 0 Å². The second-order valence-electron chi connectivity index (χ2n) is 6.18. The Labute approximate surface area is 140 Å². The van der Waals surface area contributed by atoms with E-state index in [1.165, 1.54) is 25.7 Å². The maximum Gasteiger partial charge on any atom is 0.303 e. The van der Waals surface area contributed by atoms with Gasteiger partial charge in [-0.05, 0) is 31.8 Å². The molecule has 0 aliphatic heterocycles. The third-order valence-electron chi connectivity index (χ3n) is 3.99. The smallest absolute Gasteiger partial charge is 0.303 e. The number of rotatable bonds is 16. The highest BCUT2D eigenvalue weighted by molar-refractivity contribution is 5.66. The van der Waals surface area contributed by atoms with Gasteiger partial charge < -0.3 is 5.11 Å². The molecule has 0 aliphatic carbocycles. The third kappa shape index (κ3) is 15.3. The van der Waals surface area contributed by atoms with E-state index in [0.717, 1.165) is 38.5 Å². The molecule has 1 atom stereocenters. The first-order valence-corrected chi connectivity index (χ1v) is 9.09. The summed E-state index contributed by atoms with van der Waals surface area (Å²) in [5, 5.41) is 19.6. The molecule has 0 radical (unpaired) electrons. The van der Waals surface area contributed by atoms with Crippen LogP contribution >= 0.6 is 0 Å². The topological polar surface area (TPSA) is 80.4 Å². The lowest BCUT2D eigenvalue weighted by atomic mass is 10.0. The predicted octanol–water partition coefficient (Wildman–Crippen LogP) is 5.36. The number of nitro groups is 1.